The van der Waals surface area contributed by atoms with E-state index in [-0.39, 0.29) is 23.6 Å². The predicted molar refractivity (Wildman–Crippen MR) is 170 cm³/mol. The van der Waals surface area contributed by atoms with E-state index in [1.165, 1.54) is 17.0 Å². The second kappa shape index (κ2) is 12.5. The Morgan fingerprint density at radius 3 is 2.57 bits per heavy atom. The second-order valence-corrected chi connectivity index (χ2v) is 13.0. The van der Waals surface area contributed by atoms with Gasteiger partial charge < -0.3 is 10.1 Å². The number of aliphatic imine (C=N–C) groups is 1. The largest absolute Gasteiger partial charge is 0.489 e. The molecule has 1 heterocycles. The molecule has 1 atom stereocenters. The zero-order valence-corrected chi connectivity index (χ0v) is 25.3. The maximum absolute atomic E-state index is 13.6. The van der Waals surface area contributed by atoms with Crippen LogP contribution in [0.15, 0.2) is 77.8 Å². The van der Waals surface area contributed by atoms with Gasteiger partial charge in [0.2, 0.25) is 0 Å². The molecule has 216 valence electrons. The van der Waals surface area contributed by atoms with Crippen molar-refractivity contribution in [2.45, 2.75) is 46.6 Å². The van der Waals surface area contributed by atoms with Gasteiger partial charge in [0.05, 0.1) is 10.5 Å². The molecule has 3 aromatic carbocycles. The van der Waals surface area contributed by atoms with E-state index in [0.29, 0.717) is 32.9 Å². The number of nitro benzene ring substituents is 1. The molecule has 1 aliphatic rings. The van der Waals surface area contributed by atoms with Gasteiger partial charge in [-0.15, -0.1) is 11.3 Å². The van der Waals surface area contributed by atoms with Gasteiger partial charge in [-0.2, -0.15) is 0 Å². The maximum atomic E-state index is 13.6. The third-order valence-corrected chi connectivity index (χ3v) is 8.96. The number of carbonyl (C=O) groups excluding carboxylic acids is 1. The molecule has 0 saturated carbocycles. The fourth-order valence-corrected chi connectivity index (χ4v) is 6.46. The molecule has 0 radical (unpaired) electrons. The molecule has 42 heavy (non-hydrogen) atoms. The molecule has 0 bridgehead atoms. The molecule has 0 saturated heterocycles. The molecule has 1 amide bonds. The van der Waals surface area contributed by atoms with Crippen LogP contribution < -0.4 is 10.1 Å². The van der Waals surface area contributed by atoms with Gasteiger partial charge in [0.1, 0.15) is 17.4 Å². The van der Waals surface area contributed by atoms with Crippen LogP contribution in [-0.4, -0.2) is 17.0 Å². The topological polar surface area (TPSA) is 93.8 Å². The molecule has 5 rings (SSSR count). The highest BCUT2D eigenvalue weighted by Gasteiger charge is 2.33. The van der Waals surface area contributed by atoms with Crippen molar-refractivity contribution in [3.63, 3.8) is 0 Å². The zero-order valence-electron chi connectivity index (χ0n) is 23.7. The number of non-ortho nitro benzene ring substituents is 1. The highest BCUT2D eigenvalue weighted by Crippen LogP contribution is 2.45. The summed E-state index contributed by atoms with van der Waals surface area (Å²) in [6, 6.07) is 20.9. The summed E-state index contributed by atoms with van der Waals surface area (Å²) in [5, 5.41) is 15.2. The van der Waals surface area contributed by atoms with Gasteiger partial charge in [0.25, 0.3) is 11.6 Å². The van der Waals surface area contributed by atoms with Gasteiger partial charge in [0.15, 0.2) is 0 Å². The number of halogens is 1. The van der Waals surface area contributed by atoms with E-state index in [9.17, 15) is 14.9 Å². The van der Waals surface area contributed by atoms with E-state index >= 15 is 0 Å². The minimum absolute atomic E-state index is 0.0439. The lowest BCUT2D eigenvalue weighted by molar-refractivity contribution is -0.384. The first-order chi connectivity index (χ1) is 20.1. The molecule has 0 fully saturated rings. The molecule has 0 spiro atoms. The Hall–Kier alpha value is -4.01. The number of fused-ring (bicyclic) bond motifs is 1. The summed E-state index contributed by atoms with van der Waals surface area (Å²) in [4.78, 5) is 30.1. The van der Waals surface area contributed by atoms with Crippen LogP contribution in [0.1, 0.15) is 59.1 Å². The van der Waals surface area contributed by atoms with Crippen LogP contribution in [0.2, 0.25) is 5.02 Å². The lowest BCUT2D eigenvalue weighted by atomic mass is 9.72. The fourth-order valence-electron chi connectivity index (χ4n) is 5.06. The third-order valence-electron chi connectivity index (χ3n) is 7.54. The van der Waals surface area contributed by atoms with Crippen LogP contribution in [-0.2, 0) is 19.4 Å². The van der Waals surface area contributed by atoms with Gasteiger partial charge in [0, 0.05) is 33.9 Å². The van der Waals surface area contributed by atoms with E-state index in [1.807, 2.05) is 24.3 Å². The standard InChI is InChI=1S/C33H32ClN3O4S/c1-33(2,3)23-9-16-28-29(18-23)42-32(30(28)31(38)36-25-12-10-24(34)11-13-25)35-19-22-5-4-6-27(17-22)41-20-21-7-14-26(15-8-21)37(39)40/h4-8,10-15,17,19,23H,9,16,18,20H2,1-3H3,(H,36,38)/t23-/m1/s1. The minimum Gasteiger partial charge on any atom is -0.489 e. The number of ether oxygens (including phenoxy) is 1. The van der Waals surface area contributed by atoms with Crippen LogP contribution in [0.4, 0.5) is 16.4 Å². The van der Waals surface area contributed by atoms with Crippen molar-refractivity contribution in [3.05, 3.63) is 115 Å². The first-order valence-electron chi connectivity index (χ1n) is 13.8. The van der Waals surface area contributed by atoms with Crippen molar-refractivity contribution in [3.8, 4) is 5.75 Å². The SMILES string of the molecule is CC(C)(C)[C@@H]1CCc2c(sc(N=Cc3cccc(OCc4ccc([N+](=O)[O-])cc4)c3)c2C(=O)Nc2ccc(Cl)cc2)C1. The van der Waals surface area contributed by atoms with Crippen LogP contribution in [0.5, 0.6) is 5.75 Å². The third kappa shape index (κ3) is 7.06. The fraction of sp³-hybridized carbons (Fsp3) is 0.273. The van der Waals surface area contributed by atoms with E-state index < -0.39 is 4.92 Å². The molecule has 1 aromatic heterocycles. The molecule has 7 nitrogen and oxygen atoms in total. The summed E-state index contributed by atoms with van der Waals surface area (Å²) in [6.45, 7) is 7.11. The summed E-state index contributed by atoms with van der Waals surface area (Å²) in [6.07, 6.45) is 4.58. The molecule has 9 heteroatoms. The lowest BCUT2D eigenvalue weighted by Gasteiger charge is -2.33. The summed E-state index contributed by atoms with van der Waals surface area (Å²) in [5.41, 5.74) is 4.31. The van der Waals surface area contributed by atoms with Crippen molar-refractivity contribution >= 4 is 51.4 Å². The molecule has 0 unspecified atom stereocenters. The molecule has 0 aliphatic heterocycles. The second-order valence-electron chi connectivity index (χ2n) is 11.5. The molecule has 1 aliphatic carbocycles. The van der Waals surface area contributed by atoms with Crippen molar-refractivity contribution in [2.24, 2.45) is 16.3 Å². The number of benzene rings is 3. The molecule has 4 aromatic rings. The molecular formula is C33H32ClN3O4S. The predicted octanol–water partition coefficient (Wildman–Crippen LogP) is 9.04. The van der Waals surface area contributed by atoms with Crippen LogP contribution in [0.3, 0.4) is 0 Å². The summed E-state index contributed by atoms with van der Waals surface area (Å²) in [7, 11) is 0. The zero-order chi connectivity index (χ0) is 29.9. The Bertz CT molecular complexity index is 1620. The summed E-state index contributed by atoms with van der Waals surface area (Å²) < 4.78 is 5.93. The van der Waals surface area contributed by atoms with Crippen molar-refractivity contribution < 1.29 is 14.5 Å². The van der Waals surface area contributed by atoms with Crippen molar-refractivity contribution in [1.82, 2.24) is 0 Å². The maximum Gasteiger partial charge on any atom is 0.269 e. The minimum atomic E-state index is -0.424. The quantitative estimate of drug-likeness (QED) is 0.124. The van der Waals surface area contributed by atoms with Crippen molar-refractivity contribution in [1.29, 1.82) is 0 Å². The molecule has 1 N–H and O–H groups in total. The number of hydrogen-bond acceptors (Lipinski definition) is 6. The number of carbonyl (C=O) groups is 1. The lowest BCUT2D eigenvalue weighted by Crippen LogP contribution is -2.27. The highest BCUT2D eigenvalue weighted by molar-refractivity contribution is 7.16. The number of hydrogen-bond donors (Lipinski definition) is 1. The summed E-state index contributed by atoms with van der Waals surface area (Å²) in [5.74, 6) is 1.02. The van der Waals surface area contributed by atoms with Gasteiger partial charge in [-0.3, -0.25) is 14.9 Å². The number of anilines is 1. The van der Waals surface area contributed by atoms with Gasteiger partial charge in [-0.05, 0) is 95.8 Å². The number of nitro groups is 1. The number of amides is 1. The Morgan fingerprint density at radius 1 is 1.14 bits per heavy atom. The number of nitrogens with zero attached hydrogens (tertiary/aromatic N) is 2. The van der Waals surface area contributed by atoms with Gasteiger partial charge >= 0.3 is 0 Å². The Labute approximate surface area is 254 Å². The smallest absolute Gasteiger partial charge is 0.269 e. The number of rotatable bonds is 8. The average Bonchev–Trinajstić information content (AvgIpc) is 3.34. The Balaban J connectivity index is 1.37. The summed E-state index contributed by atoms with van der Waals surface area (Å²) >= 11 is 7.63. The first-order valence-corrected chi connectivity index (χ1v) is 15.0. The van der Waals surface area contributed by atoms with E-state index in [0.717, 1.165) is 36.0 Å². The monoisotopic (exact) mass is 601 g/mol. The highest BCUT2D eigenvalue weighted by atomic mass is 35.5. The van der Waals surface area contributed by atoms with Crippen LogP contribution in [0, 0.1) is 21.4 Å². The van der Waals surface area contributed by atoms with Gasteiger partial charge in [-0.1, -0.05) is 44.5 Å². The average molecular weight is 602 g/mol. The Kier molecular flexibility index (Phi) is 8.75. The van der Waals surface area contributed by atoms with E-state index in [1.54, 1.807) is 53.9 Å². The first kappa shape index (κ1) is 29.5. The number of thiophene rings is 1. The van der Waals surface area contributed by atoms with Gasteiger partial charge in [-0.25, -0.2) is 4.99 Å². The van der Waals surface area contributed by atoms with Crippen LogP contribution >= 0.6 is 22.9 Å². The van der Waals surface area contributed by atoms with E-state index in [2.05, 4.69) is 26.1 Å². The normalized spacial score (nSPS) is 14.9. The Morgan fingerprint density at radius 2 is 1.88 bits per heavy atom. The van der Waals surface area contributed by atoms with E-state index in [4.69, 9.17) is 21.3 Å². The van der Waals surface area contributed by atoms with Crippen LogP contribution in [0.25, 0.3) is 0 Å². The van der Waals surface area contributed by atoms with Crippen molar-refractivity contribution in [2.75, 3.05) is 5.32 Å². The molecular weight excluding hydrogens is 570 g/mol. The number of nitrogens with one attached hydrogen (secondary N) is 1.